The number of hydrogen-bond donors (Lipinski definition) is 1. The maximum absolute atomic E-state index is 5.93. The molecule has 3 heteroatoms. The number of nitrogens with one attached hydrogen (secondary N) is 1. The van der Waals surface area contributed by atoms with Gasteiger partial charge in [0.15, 0.2) is 11.5 Å². The molecule has 1 N–H and O–H groups in total. The van der Waals surface area contributed by atoms with Crippen LogP contribution in [0.5, 0.6) is 11.5 Å². The van der Waals surface area contributed by atoms with Crippen molar-refractivity contribution in [3.63, 3.8) is 0 Å². The molecule has 0 saturated carbocycles. The molecule has 3 nitrogen and oxygen atoms in total. The summed E-state index contributed by atoms with van der Waals surface area (Å²) >= 11 is 0. The highest BCUT2D eigenvalue weighted by molar-refractivity contribution is 5.43. The zero-order valence-corrected chi connectivity index (χ0v) is 14.6. The lowest BCUT2D eigenvalue weighted by Gasteiger charge is -2.14. The van der Waals surface area contributed by atoms with Gasteiger partial charge in [-0.3, -0.25) is 0 Å². The third-order valence-electron chi connectivity index (χ3n) is 3.97. The van der Waals surface area contributed by atoms with Gasteiger partial charge in [0, 0.05) is 12.6 Å². The van der Waals surface area contributed by atoms with E-state index in [2.05, 4.69) is 56.4 Å². The van der Waals surface area contributed by atoms with Crippen LogP contribution in [0.2, 0.25) is 0 Å². The van der Waals surface area contributed by atoms with Crippen molar-refractivity contribution in [2.45, 2.75) is 46.4 Å². The summed E-state index contributed by atoms with van der Waals surface area (Å²) in [7, 11) is 1.68. The number of benzene rings is 2. The Kier molecular flexibility index (Phi) is 6.48. The molecule has 1 atom stereocenters. The lowest BCUT2D eigenvalue weighted by atomic mass is 10.1. The average Bonchev–Trinajstić information content (AvgIpc) is 2.58. The smallest absolute Gasteiger partial charge is 0.161 e. The van der Waals surface area contributed by atoms with Crippen LogP contribution in [-0.2, 0) is 13.2 Å². The molecule has 2 aromatic carbocycles. The third kappa shape index (κ3) is 5.29. The molecule has 0 heterocycles. The van der Waals surface area contributed by atoms with Gasteiger partial charge < -0.3 is 14.8 Å². The van der Waals surface area contributed by atoms with Crippen LogP contribution >= 0.6 is 0 Å². The first kappa shape index (κ1) is 17.4. The lowest BCUT2D eigenvalue weighted by Crippen LogP contribution is -2.24. The van der Waals surface area contributed by atoms with Crippen molar-refractivity contribution < 1.29 is 9.47 Å². The Labute approximate surface area is 139 Å². The van der Waals surface area contributed by atoms with Crippen molar-refractivity contribution in [1.82, 2.24) is 5.32 Å². The van der Waals surface area contributed by atoms with Gasteiger partial charge >= 0.3 is 0 Å². The van der Waals surface area contributed by atoms with E-state index in [0.29, 0.717) is 12.6 Å². The summed E-state index contributed by atoms with van der Waals surface area (Å²) in [4.78, 5) is 0. The summed E-state index contributed by atoms with van der Waals surface area (Å²) in [6.07, 6.45) is 1.12. The van der Waals surface area contributed by atoms with Gasteiger partial charge in [0.2, 0.25) is 0 Å². The molecule has 2 aromatic rings. The molecule has 124 valence electrons. The molecular formula is C20H27NO2. The number of rotatable bonds is 8. The van der Waals surface area contributed by atoms with Crippen LogP contribution in [0, 0.1) is 6.92 Å². The Bertz CT molecular complexity index is 625. The fraction of sp³-hybridized carbons (Fsp3) is 0.400. The minimum atomic E-state index is 0.512. The van der Waals surface area contributed by atoms with E-state index in [1.165, 1.54) is 11.1 Å². The van der Waals surface area contributed by atoms with Crippen LogP contribution in [0.15, 0.2) is 42.5 Å². The van der Waals surface area contributed by atoms with E-state index in [1.807, 2.05) is 12.1 Å². The molecule has 2 rings (SSSR count). The van der Waals surface area contributed by atoms with Gasteiger partial charge in [-0.25, -0.2) is 0 Å². The first-order valence-electron chi connectivity index (χ1n) is 8.21. The molecule has 0 radical (unpaired) electrons. The van der Waals surface area contributed by atoms with Gasteiger partial charge in [0.1, 0.15) is 6.61 Å². The monoisotopic (exact) mass is 313 g/mol. The Morgan fingerprint density at radius 2 is 1.87 bits per heavy atom. The number of methoxy groups -OCH3 is 1. The molecule has 0 aliphatic carbocycles. The summed E-state index contributed by atoms with van der Waals surface area (Å²) in [5.41, 5.74) is 3.60. The van der Waals surface area contributed by atoms with E-state index in [4.69, 9.17) is 9.47 Å². The molecule has 0 amide bonds. The molecule has 23 heavy (non-hydrogen) atoms. The SMILES string of the molecule is CC[C@H](C)NCc1ccc(OCc2cccc(C)c2)c(OC)c1. The second-order valence-corrected chi connectivity index (χ2v) is 5.95. The van der Waals surface area contributed by atoms with Crippen LogP contribution in [0.4, 0.5) is 0 Å². The summed E-state index contributed by atoms with van der Waals surface area (Å²) < 4.78 is 11.4. The molecule has 0 unspecified atom stereocenters. The van der Waals surface area contributed by atoms with Gasteiger partial charge in [-0.05, 0) is 43.5 Å². The van der Waals surface area contributed by atoms with E-state index in [0.717, 1.165) is 30.0 Å². The molecule has 0 fully saturated rings. The van der Waals surface area contributed by atoms with Crippen molar-refractivity contribution >= 4 is 0 Å². The van der Waals surface area contributed by atoms with Crippen molar-refractivity contribution in [2.24, 2.45) is 0 Å². The Balaban J connectivity index is 2.01. The van der Waals surface area contributed by atoms with Crippen LogP contribution in [0.1, 0.15) is 37.0 Å². The summed E-state index contributed by atoms with van der Waals surface area (Å²) in [6, 6.07) is 15.0. The van der Waals surface area contributed by atoms with Crippen LogP contribution in [0.25, 0.3) is 0 Å². The third-order valence-corrected chi connectivity index (χ3v) is 3.97. The molecule has 0 saturated heterocycles. The van der Waals surface area contributed by atoms with E-state index < -0.39 is 0 Å². The second-order valence-electron chi connectivity index (χ2n) is 5.95. The van der Waals surface area contributed by atoms with Crippen molar-refractivity contribution in [3.05, 3.63) is 59.2 Å². The summed E-state index contributed by atoms with van der Waals surface area (Å²) in [5, 5.41) is 3.49. The Hall–Kier alpha value is -2.00. The molecule has 0 spiro atoms. The van der Waals surface area contributed by atoms with Crippen LogP contribution < -0.4 is 14.8 Å². The predicted molar refractivity (Wildman–Crippen MR) is 95.1 cm³/mol. The van der Waals surface area contributed by atoms with Crippen LogP contribution in [0.3, 0.4) is 0 Å². The van der Waals surface area contributed by atoms with Gasteiger partial charge in [-0.1, -0.05) is 42.8 Å². The fourth-order valence-corrected chi connectivity index (χ4v) is 2.34. The topological polar surface area (TPSA) is 30.5 Å². The highest BCUT2D eigenvalue weighted by atomic mass is 16.5. The first-order valence-corrected chi connectivity index (χ1v) is 8.21. The highest BCUT2D eigenvalue weighted by Gasteiger charge is 2.07. The standard InChI is InChI=1S/C20H27NO2/c1-5-16(3)21-13-17-9-10-19(20(12-17)22-4)23-14-18-8-6-7-15(2)11-18/h6-12,16,21H,5,13-14H2,1-4H3/t16-/m0/s1. The zero-order chi connectivity index (χ0) is 16.7. The molecule has 0 aliphatic heterocycles. The van der Waals surface area contributed by atoms with Gasteiger partial charge in [-0.2, -0.15) is 0 Å². The lowest BCUT2D eigenvalue weighted by molar-refractivity contribution is 0.284. The summed E-state index contributed by atoms with van der Waals surface area (Å²) in [5.74, 6) is 1.56. The van der Waals surface area contributed by atoms with Crippen molar-refractivity contribution in [1.29, 1.82) is 0 Å². The Morgan fingerprint density at radius 3 is 2.57 bits per heavy atom. The van der Waals surface area contributed by atoms with E-state index in [9.17, 15) is 0 Å². The predicted octanol–water partition coefficient (Wildman–Crippen LogP) is 4.47. The molecule has 0 aromatic heterocycles. The number of ether oxygens (including phenoxy) is 2. The fourth-order valence-electron chi connectivity index (χ4n) is 2.34. The highest BCUT2D eigenvalue weighted by Crippen LogP contribution is 2.29. The zero-order valence-electron chi connectivity index (χ0n) is 14.6. The largest absolute Gasteiger partial charge is 0.493 e. The normalized spacial score (nSPS) is 12.0. The molecule has 0 bridgehead atoms. The van der Waals surface area contributed by atoms with Gasteiger partial charge in [-0.15, -0.1) is 0 Å². The maximum atomic E-state index is 5.93. The van der Waals surface area contributed by atoms with Crippen LogP contribution in [-0.4, -0.2) is 13.2 Å². The molecular weight excluding hydrogens is 286 g/mol. The number of hydrogen-bond acceptors (Lipinski definition) is 3. The van der Waals surface area contributed by atoms with Crippen molar-refractivity contribution in [3.8, 4) is 11.5 Å². The van der Waals surface area contributed by atoms with Gasteiger partial charge in [0.25, 0.3) is 0 Å². The second kappa shape index (κ2) is 8.59. The maximum Gasteiger partial charge on any atom is 0.161 e. The Morgan fingerprint density at radius 1 is 1.04 bits per heavy atom. The summed E-state index contributed by atoms with van der Waals surface area (Å²) in [6.45, 7) is 7.84. The average molecular weight is 313 g/mol. The van der Waals surface area contributed by atoms with E-state index >= 15 is 0 Å². The minimum absolute atomic E-state index is 0.512. The number of aryl methyl sites for hydroxylation is 1. The van der Waals surface area contributed by atoms with Crippen molar-refractivity contribution in [2.75, 3.05) is 7.11 Å². The van der Waals surface area contributed by atoms with E-state index in [-0.39, 0.29) is 0 Å². The quantitative estimate of drug-likeness (QED) is 0.780. The molecule has 0 aliphatic rings. The van der Waals surface area contributed by atoms with Gasteiger partial charge in [0.05, 0.1) is 7.11 Å². The first-order chi connectivity index (χ1) is 11.1. The minimum Gasteiger partial charge on any atom is -0.493 e. The van der Waals surface area contributed by atoms with E-state index in [1.54, 1.807) is 7.11 Å².